The SMILES string of the molecule is O=C1CN=C(NC(=O)c2ccc(-c3cccc(C(F)(F)F)c3)o2)N1. The van der Waals surface area contributed by atoms with E-state index in [1.807, 2.05) is 0 Å². The molecule has 0 spiro atoms. The summed E-state index contributed by atoms with van der Waals surface area (Å²) in [7, 11) is 0. The van der Waals surface area contributed by atoms with Crippen LogP contribution in [0.1, 0.15) is 16.1 Å². The number of amides is 2. The van der Waals surface area contributed by atoms with E-state index in [1.54, 1.807) is 0 Å². The van der Waals surface area contributed by atoms with Gasteiger partial charge in [0.15, 0.2) is 5.76 Å². The van der Waals surface area contributed by atoms with Crippen LogP contribution in [0.2, 0.25) is 0 Å². The number of benzene rings is 1. The number of hydrogen-bond donors (Lipinski definition) is 2. The van der Waals surface area contributed by atoms with Gasteiger partial charge in [0.25, 0.3) is 5.91 Å². The van der Waals surface area contributed by atoms with E-state index >= 15 is 0 Å². The smallest absolute Gasteiger partial charge is 0.416 e. The van der Waals surface area contributed by atoms with E-state index in [-0.39, 0.29) is 35.5 Å². The highest BCUT2D eigenvalue weighted by Gasteiger charge is 2.30. The van der Waals surface area contributed by atoms with Crippen molar-refractivity contribution in [2.24, 2.45) is 4.99 Å². The van der Waals surface area contributed by atoms with E-state index in [2.05, 4.69) is 15.6 Å². The average Bonchev–Trinajstić information content (AvgIpc) is 3.16. The quantitative estimate of drug-likeness (QED) is 0.881. The second-order valence-electron chi connectivity index (χ2n) is 4.91. The van der Waals surface area contributed by atoms with Crippen LogP contribution in [-0.4, -0.2) is 24.3 Å². The molecule has 6 nitrogen and oxygen atoms in total. The van der Waals surface area contributed by atoms with E-state index in [0.717, 1.165) is 12.1 Å². The fourth-order valence-electron chi connectivity index (χ4n) is 2.07. The van der Waals surface area contributed by atoms with Crippen molar-refractivity contribution in [3.63, 3.8) is 0 Å². The maximum Gasteiger partial charge on any atom is 0.416 e. The molecule has 0 unspecified atom stereocenters. The van der Waals surface area contributed by atoms with Gasteiger partial charge in [-0.05, 0) is 24.3 Å². The molecule has 0 radical (unpaired) electrons. The minimum Gasteiger partial charge on any atom is -0.451 e. The number of carbonyl (C=O) groups is 2. The Bertz CT molecular complexity index is 840. The van der Waals surface area contributed by atoms with Crippen LogP contribution in [0.4, 0.5) is 13.2 Å². The van der Waals surface area contributed by atoms with E-state index in [9.17, 15) is 22.8 Å². The third-order valence-electron chi connectivity index (χ3n) is 3.17. The molecule has 2 amide bonds. The Kier molecular flexibility index (Phi) is 3.84. The summed E-state index contributed by atoms with van der Waals surface area (Å²) in [4.78, 5) is 26.7. The molecule has 2 aromatic rings. The Morgan fingerprint density at radius 2 is 2.04 bits per heavy atom. The molecule has 0 saturated heterocycles. The zero-order valence-corrected chi connectivity index (χ0v) is 12.0. The molecule has 9 heteroatoms. The Balaban J connectivity index is 1.78. The molecule has 0 aliphatic carbocycles. The lowest BCUT2D eigenvalue weighted by atomic mass is 10.1. The highest BCUT2D eigenvalue weighted by atomic mass is 19.4. The van der Waals surface area contributed by atoms with E-state index in [1.165, 1.54) is 24.3 Å². The van der Waals surface area contributed by atoms with E-state index in [4.69, 9.17) is 4.42 Å². The van der Waals surface area contributed by atoms with Crippen LogP contribution in [0.3, 0.4) is 0 Å². The standard InChI is InChI=1S/C15H10F3N3O3/c16-15(17,18)9-3-1-2-8(6-9)10-4-5-11(24-10)13(23)21-14-19-7-12(22)20-14/h1-6H,7H2,(H2,19,20,21,22,23). The molecule has 0 atom stereocenters. The maximum absolute atomic E-state index is 12.7. The Morgan fingerprint density at radius 3 is 2.71 bits per heavy atom. The summed E-state index contributed by atoms with van der Waals surface area (Å²) in [5, 5.41) is 4.66. The fourth-order valence-corrected chi connectivity index (χ4v) is 2.07. The molecule has 0 fully saturated rings. The number of aliphatic imine (C=N–C) groups is 1. The van der Waals surface area contributed by atoms with Crippen LogP contribution in [0.15, 0.2) is 45.8 Å². The third-order valence-corrected chi connectivity index (χ3v) is 3.17. The number of alkyl halides is 3. The summed E-state index contributed by atoms with van der Waals surface area (Å²) in [5.74, 6) is -1.03. The zero-order valence-electron chi connectivity index (χ0n) is 12.0. The van der Waals surface area contributed by atoms with Gasteiger partial charge in [-0.3, -0.25) is 20.2 Å². The van der Waals surface area contributed by atoms with Crippen molar-refractivity contribution in [3.8, 4) is 11.3 Å². The van der Waals surface area contributed by atoms with Gasteiger partial charge in [-0.2, -0.15) is 13.2 Å². The summed E-state index contributed by atoms with van der Waals surface area (Å²) < 4.78 is 43.5. The van der Waals surface area contributed by atoms with E-state index < -0.39 is 17.6 Å². The van der Waals surface area contributed by atoms with Gasteiger partial charge in [0.1, 0.15) is 12.3 Å². The van der Waals surface area contributed by atoms with Gasteiger partial charge in [0.05, 0.1) is 5.56 Å². The Labute approximate surface area is 133 Å². The molecule has 2 N–H and O–H groups in total. The molecule has 1 aromatic heterocycles. The summed E-state index contributed by atoms with van der Waals surface area (Å²) in [5.41, 5.74) is -0.624. The number of carbonyl (C=O) groups excluding carboxylic acids is 2. The molecule has 1 aliphatic rings. The normalized spacial score (nSPS) is 14.3. The third kappa shape index (κ3) is 3.29. The van der Waals surface area contributed by atoms with Gasteiger partial charge >= 0.3 is 6.18 Å². The van der Waals surface area contributed by atoms with Crippen molar-refractivity contribution in [1.82, 2.24) is 10.6 Å². The molecular formula is C15H10F3N3O3. The van der Waals surface area contributed by atoms with Crippen molar-refractivity contribution >= 4 is 17.8 Å². The monoisotopic (exact) mass is 337 g/mol. The average molecular weight is 337 g/mol. The summed E-state index contributed by atoms with van der Waals surface area (Å²) in [6, 6.07) is 7.28. The number of nitrogens with zero attached hydrogens (tertiary/aromatic N) is 1. The van der Waals surface area contributed by atoms with Crippen LogP contribution in [0.25, 0.3) is 11.3 Å². The molecular weight excluding hydrogens is 327 g/mol. The lowest BCUT2D eigenvalue weighted by Gasteiger charge is -2.07. The largest absolute Gasteiger partial charge is 0.451 e. The van der Waals surface area contributed by atoms with Crippen LogP contribution in [-0.2, 0) is 11.0 Å². The topological polar surface area (TPSA) is 83.7 Å². The maximum atomic E-state index is 12.7. The fraction of sp³-hybridized carbons (Fsp3) is 0.133. The Hall–Kier alpha value is -3.10. The number of guanidine groups is 1. The predicted molar refractivity (Wildman–Crippen MR) is 77.1 cm³/mol. The first-order valence-electron chi connectivity index (χ1n) is 6.76. The number of nitrogens with one attached hydrogen (secondary N) is 2. The van der Waals surface area contributed by atoms with Crippen molar-refractivity contribution in [2.45, 2.75) is 6.18 Å². The van der Waals surface area contributed by atoms with Gasteiger partial charge < -0.3 is 4.42 Å². The highest BCUT2D eigenvalue weighted by Crippen LogP contribution is 2.32. The molecule has 2 heterocycles. The highest BCUT2D eigenvalue weighted by molar-refractivity contribution is 6.11. The lowest BCUT2D eigenvalue weighted by Crippen LogP contribution is -2.39. The summed E-state index contributed by atoms with van der Waals surface area (Å²) >= 11 is 0. The molecule has 1 aromatic carbocycles. The number of halogens is 3. The molecule has 24 heavy (non-hydrogen) atoms. The van der Waals surface area contributed by atoms with Crippen molar-refractivity contribution < 1.29 is 27.2 Å². The predicted octanol–water partition coefficient (Wildman–Crippen LogP) is 2.18. The first kappa shape index (κ1) is 15.8. The van der Waals surface area contributed by atoms with Crippen molar-refractivity contribution in [1.29, 1.82) is 0 Å². The first-order valence-corrected chi connectivity index (χ1v) is 6.76. The minimum absolute atomic E-state index is 0.00187. The van der Waals surface area contributed by atoms with Crippen LogP contribution < -0.4 is 10.6 Å². The Morgan fingerprint density at radius 1 is 1.25 bits per heavy atom. The number of furan rings is 1. The second-order valence-corrected chi connectivity index (χ2v) is 4.91. The summed E-state index contributed by atoms with van der Waals surface area (Å²) in [6.07, 6.45) is -4.47. The van der Waals surface area contributed by atoms with Gasteiger partial charge in [-0.1, -0.05) is 12.1 Å². The van der Waals surface area contributed by atoms with Crippen LogP contribution >= 0.6 is 0 Å². The molecule has 1 aliphatic heterocycles. The molecule has 124 valence electrons. The molecule has 0 saturated carbocycles. The summed E-state index contributed by atoms with van der Waals surface area (Å²) in [6.45, 7) is -0.0801. The van der Waals surface area contributed by atoms with Crippen molar-refractivity contribution in [2.75, 3.05) is 6.54 Å². The van der Waals surface area contributed by atoms with E-state index in [0.29, 0.717) is 0 Å². The number of hydrogen-bond acceptors (Lipinski definition) is 4. The molecule has 3 rings (SSSR count). The minimum atomic E-state index is -4.47. The zero-order chi connectivity index (χ0) is 17.3. The van der Waals surface area contributed by atoms with Gasteiger partial charge in [0, 0.05) is 5.56 Å². The molecule has 0 bridgehead atoms. The van der Waals surface area contributed by atoms with Crippen LogP contribution in [0.5, 0.6) is 0 Å². The first-order chi connectivity index (χ1) is 11.3. The lowest BCUT2D eigenvalue weighted by molar-refractivity contribution is -0.137. The van der Waals surface area contributed by atoms with Crippen LogP contribution in [0, 0.1) is 0 Å². The second kappa shape index (κ2) is 5.84. The van der Waals surface area contributed by atoms with Gasteiger partial charge in [0.2, 0.25) is 11.9 Å². The number of rotatable bonds is 2. The van der Waals surface area contributed by atoms with Crippen molar-refractivity contribution in [3.05, 3.63) is 47.7 Å². The van der Waals surface area contributed by atoms with Gasteiger partial charge in [-0.25, -0.2) is 4.99 Å². The van der Waals surface area contributed by atoms with Gasteiger partial charge in [-0.15, -0.1) is 0 Å².